The van der Waals surface area contributed by atoms with Crippen LogP contribution >= 0.6 is 0 Å². The van der Waals surface area contributed by atoms with E-state index in [9.17, 15) is 4.79 Å². The summed E-state index contributed by atoms with van der Waals surface area (Å²) in [6, 6.07) is 16.1. The second-order valence-corrected chi connectivity index (χ2v) is 5.50. The molecule has 0 aliphatic heterocycles. The Balaban J connectivity index is 1.85. The lowest BCUT2D eigenvalue weighted by Gasteiger charge is -2.23. The van der Waals surface area contributed by atoms with Crippen LogP contribution in [0.1, 0.15) is 15.9 Å². The summed E-state index contributed by atoms with van der Waals surface area (Å²) < 4.78 is 6.75. The average Bonchev–Trinajstić information content (AvgIpc) is 3.23. The Hall–Kier alpha value is -3.50. The molecule has 0 spiro atoms. The van der Waals surface area contributed by atoms with Crippen molar-refractivity contribution in [2.24, 2.45) is 0 Å². The smallest absolute Gasteiger partial charge is 0.258 e. The highest BCUT2D eigenvalue weighted by molar-refractivity contribution is 6.06. The van der Waals surface area contributed by atoms with Gasteiger partial charge in [0.2, 0.25) is 0 Å². The summed E-state index contributed by atoms with van der Waals surface area (Å²) in [5.74, 6) is -0.142. The van der Waals surface area contributed by atoms with Gasteiger partial charge in [0.1, 0.15) is 0 Å². The van der Waals surface area contributed by atoms with Crippen molar-refractivity contribution in [3.05, 3.63) is 72.1 Å². The standard InChI is InChI=1S/C19H17N5O2/c1-26-13-12-23(17-6-2-15(14-20)3-7-17)19(25)16-4-8-18(9-5-16)24-11-10-21-22-24/h2-11H,12-13H2,1H3. The molecule has 0 aliphatic rings. The van der Waals surface area contributed by atoms with Gasteiger partial charge in [-0.15, -0.1) is 5.10 Å². The van der Waals surface area contributed by atoms with Gasteiger partial charge in [-0.3, -0.25) is 4.79 Å². The van der Waals surface area contributed by atoms with Gasteiger partial charge in [-0.05, 0) is 48.5 Å². The first kappa shape index (κ1) is 17.3. The van der Waals surface area contributed by atoms with E-state index in [1.54, 1.807) is 65.5 Å². The third-order valence-electron chi connectivity index (χ3n) is 3.87. The number of aromatic nitrogens is 3. The van der Waals surface area contributed by atoms with Crippen molar-refractivity contribution in [1.82, 2.24) is 15.0 Å². The predicted molar refractivity (Wildman–Crippen MR) is 96.1 cm³/mol. The Bertz CT molecular complexity index is 897. The maximum Gasteiger partial charge on any atom is 0.258 e. The fourth-order valence-corrected chi connectivity index (χ4v) is 2.50. The molecule has 130 valence electrons. The topological polar surface area (TPSA) is 84.0 Å². The molecular formula is C19H17N5O2. The lowest BCUT2D eigenvalue weighted by Crippen LogP contribution is -2.33. The molecule has 3 rings (SSSR count). The summed E-state index contributed by atoms with van der Waals surface area (Å²) in [6.45, 7) is 0.814. The summed E-state index contributed by atoms with van der Waals surface area (Å²) in [4.78, 5) is 14.6. The highest BCUT2D eigenvalue weighted by Gasteiger charge is 2.17. The second kappa shape index (κ2) is 8.05. The van der Waals surface area contributed by atoms with E-state index in [0.717, 1.165) is 5.69 Å². The van der Waals surface area contributed by atoms with Crippen LogP contribution < -0.4 is 4.90 Å². The summed E-state index contributed by atoms with van der Waals surface area (Å²) in [5, 5.41) is 16.6. The van der Waals surface area contributed by atoms with Crippen molar-refractivity contribution in [1.29, 1.82) is 5.26 Å². The molecule has 7 nitrogen and oxygen atoms in total. The van der Waals surface area contributed by atoms with E-state index in [0.29, 0.717) is 30.0 Å². The number of anilines is 1. The molecule has 0 bridgehead atoms. The molecule has 2 aromatic carbocycles. The largest absolute Gasteiger partial charge is 0.383 e. The summed E-state index contributed by atoms with van der Waals surface area (Å²) >= 11 is 0. The summed E-state index contributed by atoms with van der Waals surface area (Å²) in [5.41, 5.74) is 2.63. The van der Waals surface area contributed by atoms with Crippen LogP contribution in [0.4, 0.5) is 5.69 Å². The number of benzene rings is 2. The maximum atomic E-state index is 13.0. The number of methoxy groups -OCH3 is 1. The van der Waals surface area contributed by atoms with E-state index in [1.165, 1.54) is 0 Å². The number of nitriles is 1. The zero-order valence-electron chi connectivity index (χ0n) is 14.2. The minimum absolute atomic E-state index is 0.142. The monoisotopic (exact) mass is 347 g/mol. The van der Waals surface area contributed by atoms with Crippen LogP contribution in [0.2, 0.25) is 0 Å². The first-order valence-corrected chi connectivity index (χ1v) is 8.00. The molecule has 1 heterocycles. The van der Waals surface area contributed by atoms with Gasteiger partial charge < -0.3 is 9.64 Å². The third-order valence-corrected chi connectivity index (χ3v) is 3.87. The molecule has 0 saturated carbocycles. The van der Waals surface area contributed by atoms with E-state index in [2.05, 4.69) is 16.4 Å². The van der Waals surface area contributed by atoms with Crippen molar-refractivity contribution < 1.29 is 9.53 Å². The highest BCUT2D eigenvalue weighted by Crippen LogP contribution is 2.19. The Kier molecular flexibility index (Phi) is 5.37. The zero-order chi connectivity index (χ0) is 18.4. The zero-order valence-corrected chi connectivity index (χ0v) is 14.2. The van der Waals surface area contributed by atoms with Gasteiger partial charge in [0.05, 0.1) is 36.3 Å². The Labute approximate surface area is 151 Å². The van der Waals surface area contributed by atoms with Gasteiger partial charge in [0, 0.05) is 24.9 Å². The molecule has 0 radical (unpaired) electrons. The Morgan fingerprint density at radius 2 is 1.92 bits per heavy atom. The summed E-state index contributed by atoms with van der Waals surface area (Å²) in [7, 11) is 1.59. The van der Waals surface area contributed by atoms with E-state index in [1.807, 2.05) is 12.1 Å². The molecule has 0 unspecified atom stereocenters. The molecule has 1 amide bonds. The molecule has 0 saturated heterocycles. The van der Waals surface area contributed by atoms with Gasteiger partial charge in [-0.1, -0.05) is 5.21 Å². The van der Waals surface area contributed by atoms with Crippen LogP contribution in [-0.2, 0) is 4.74 Å². The normalized spacial score (nSPS) is 10.3. The fraction of sp³-hybridized carbons (Fsp3) is 0.158. The number of carbonyl (C=O) groups excluding carboxylic acids is 1. The number of amides is 1. The number of carbonyl (C=O) groups is 1. The van der Waals surface area contributed by atoms with Crippen molar-refractivity contribution in [2.75, 3.05) is 25.2 Å². The number of ether oxygens (including phenoxy) is 1. The molecule has 0 aliphatic carbocycles. The third kappa shape index (κ3) is 3.77. The van der Waals surface area contributed by atoms with Crippen LogP contribution in [0.25, 0.3) is 5.69 Å². The van der Waals surface area contributed by atoms with E-state index in [-0.39, 0.29) is 5.91 Å². The quantitative estimate of drug-likeness (QED) is 0.684. The molecule has 0 N–H and O–H groups in total. The van der Waals surface area contributed by atoms with E-state index >= 15 is 0 Å². The van der Waals surface area contributed by atoms with Crippen molar-refractivity contribution in [2.45, 2.75) is 0 Å². The van der Waals surface area contributed by atoms with Gasteiger partial charge in [0.15, 0.2) is 0 Å². The molecular weight excluding hydrogens is 330 g/mol. The molecule has 0 fully saturated rings. The van der Waals surface area contributed by atoms with E-state index in [4.69, 9.17) is 10.00 Å². The molecule has 0 atom stereocenters. The van der Waals surface area contributed by atoms with Gasteiger partial charge in [-0.25, -0.2) is 4.68 Å². The van der Waals surface area contributed by atoms with Crippen LogP contribution in [0.5, 0.6) is 0 Å². The van der Waals surface area contributed by atoms with Crippen LogP contribution in [0.3, 0.4) is 0 Å². The molecule has 7 heteroatoms. The summed E-state index contributed by atoms with van der Waals surface area (Å²) in [6.07, 6.45) is 3.33. The SMILES string of the molecule is COCCN(C(=O)c1ccc(-n2ccnn2)cc1)c1ccc(C#N)cc1. The molecule has 26 heavy (non-hydrogen) atoms. The number of hydrogen-bond acceptors (Lipinski definition) is 5. The van der Waals surface area contributed by atoms with E-state index < -0.39 is 0 Å². The van der Waals surface area contributed by atoms with Crippen LogP contribution in [-0.4, -0.2) is 41.2 Å². The molecule has 1 aromatic heterocycles. The first-order chi connectivity index (χ1) is 12.7. The minimum Gasteiger partial charge on any atom is -0.383 e. The van der Waals surface area contributed by atoms with Gasteiger partial charge in [-0.2, -0.15) is 5.26 Å². The Morgan fingerprint density at radius 1 is 1.19 bits per heavy atom. The van der Waals surface area contributed by atoms with Crippen molar-refractivity contribution >= 4 is 11.6 Å². The second-order valence-electron chi connectivity index (χ2n) is 5.50. The van der Waals surface area contributed by atoms with Crippen LogP contribution in [0.15, 0.2) is 60.9 Å². The maximum absolute atomic E-state index is 13.0. The van der Waals surface area contributed by atoms with Crippen molar-refractivity contribution in [3.63, 3.8) is 0 Å². The lowest BCUT2D eigenvalue weighted by molar-refractivity contribution is 0.0976. The Morgan fingerprint density at radius 3 is 2.50 bits per heavy atom. The minimum atomic E-state index is -0.142. The molecule has 3 aromatic rings. The number of hydrogen-bond donors (Lipinski definition) is 0. The van der Waals surface area contributed by atoms with Crippen LogP contribution in [0, 0.1) is 11.3 Å². The fourth-order valence-electron chi connectivity index (χ4n) is 2.50. The lowest BCUT2D eigenvalue weighted by atomic mass is 10.1. The predicted octanol–water partition coefficient (Wildman–Crippen LogP) is 2.43. The number of nitrogens with zero attached hydrogens (tertiary/aromatic N) is 5. The highest BCUT2D eigenvalue weighted by atomic mass is 16.5. The average molecular weight is 347 g/mol. The first-order valence-electron chi connectivity index (χ1n) is 8.00. The van der Waals surface area contributed by atoms with Gasteiger partial charge in [0.25, 0.3) is 5.91 Å². The van der Waals surface area contributed by atoms with Crippen molar-refractivity contribution in [3.8, 4) is 11.8 Å². The van der Waals surface area contributed by atoms with Gasteiger partial charge >= 0.3 is 0 Å². The number of rotatable bonds is 6.